The van der Waals surface area contributed by atoms with Gasteiger partial charge in [-0.3, -0.25) is 4.79 Å². The topological polar surface area (TPSA) is 66.9 Å². The van der Waals surface area contributed by atoms with Crippen molar-refractivity contribution >= 4 is 35.1 Å². The van der Waals surface area contributed by atoms with Gasteiger partial charge in [-0.15, -0.1) is 0 Å². The van der Waals surface area contributed by atoms with E-state index in [4.69, 9.17) is 11.6 Å². The van der Waals surface area contributed by atoms with Crippen molar-refractivity contribution in [1.82, 2.24) is 14.1 Å². The minimum Gasteiger partial charge on any atom is -0.367 e. The van der Waals surface area contributed by atoms with Crippen LogP contribution in [-0.4, -0.2) is 27.2 Å². The first kappa shape index (κ1) is 11.6. The lowest BCUT2D eigenvalue weighted by molar-refractivity contribution is -0.121. The Balaban J connectivity index is 1.57. The van der Waals surface area contributed by atoms with E-state index in [-0.39, 0.29) is 5.91 Å². The summed E-state index contributed by atoms with van der Waals surface area (Å²) in [5.74, 6) is 0.737. The van der Waals surface area contributed by atoms with Crippen molar-refractivity contribution in [3.05, 3.63) is 5.15 Å². The molecule has 1 aromatic rings. The predicted octanol–water partition coefficient (Wildman–Crippen LogP) is 1.66. The molecular formula is C9H13ClN4OS. The highest BCUT2D eigenvalue weighted by Gasteiger charge is 2.22. The van der Waals surface area contributed by atoms with Crippen molar-refractivity contribution < 1.29 is 4.79 Å². The Morgan fingerprint density at radius 3 is 2.94 bits per heavy atom. The van der Waals surface area contributed by atoms with Crippen LogP contribution in [-0.2, 0) is 4.79 Å². The highest BCUT2D eigenvalue weighted by atomic mass is 35.5. The maximum Gasteiger partial charge on any atom is 0.220 e. The lowest BCUT2D eigenvalue weighted by atomic mass is 10.3. The van der Waals surface area contributed by atoms with Gasteiger partial charge in [-0.05, 0) is 19.3 Å². The predicted molar refractivity (Wildman–Crippen MR) is 63.8 cm³/mol. The van der Waals surface area contributed by atoms with E-state index in [1.807, 2.05) is 0 Å². The van der Waals surface area contributed by atoms with Crippen LogP contribution in [0.2, 0.25) is 5.15 Å². The molecule has 7 heteroatoms. The fourth-order valence-corrected chi connectivity index (χ4v) is 1.95. The molecule has 2 N–H and O–H groups in total. The van der Waals surface area contributed by atoms with Crippen molar-refractivity contribution in [2.24, 2.45) is 0 Å². The first-order chi connectivity index (χ1) is 7.75. The smallest absolute Gasteiger partial charge is 0.220 e. The van der Waals surface area contributed by atoms with Gasteiger partial charge in [0, 0.05) is 19.0 Å². The number of anilines is 1. The molecule has 0 unspecified atom stereocenters. The van der Waals surface area contributed by atoms with E-state index in [2.05, 4.69) is 19.4 Å². The fraction of sp³-hybridized carbons (Fsp3) is 0.667. The molecule has 0 radical (unpaired) electrons. The summed E-state index contributed by atoms with van der Waals surface area (Å²) in [6.07, 6.45) is 3.57. The Morgan fingerprint density at radius 2 is 2.31 bits per heavy atom. The largest absolute Gasteiger partial charge is 0.367 e. The average Bonchev–Trinajstić information content (AvgIpc) is 2.96. The number of carbonyl (C=O) groups is 1. The monoisotopic (exact) mass is 260 g/mol. The number of carbonyl (C=O) groups excluding carboxylic acids is 1. The van der Waals surface area contributed by atoms with Crippen LogP contribution in [0.5, 0.6) is 0 Å². The summed E-state index contributed by atoms with van der Waals surface area (Å²) in [7, 11) is 0. The van der Waals surface area contributed by atoms with Crippen molar-refractivity contribution in [1.29, 1.82) is 0 Å². The molecule has 0 aliphatic heterocycles. The molecule has 88 valence electrons. The highest BCUT2D eigenvalue weighted by Crippen LogP contribution is 2.19. The first-order valence-corrected chi connectivity index (χ1v) is 6.38. The number of hydrogen-bond acceptors (Lipinski definition) is 5. The molecule has 1 aromatic heterocycles. The molecular weight excluding hydrogens is 248 g/mol. The molecule has 5 nitrogen and oxygen atoms in total. The summed E-state index contributed by atoms with van der Waals surface area (Å²) < 4.78 is 7.81. The third kappa shape index (κ3) is 3.61. The van der Waals surface area contributed by atoms with E-state index < -0.39 is 0 Å². The number of rotatable bonds is 6. The normalized spacial score (nSPS) is 14.8. The number of amides is 1. The van der Waals surface area contributed by atoms with Gasteiger partial charge >= 0.3 is 0 Å². The van der Waals surface area contributed by atoms with E-state index in [1.165, 1.54) is 0 Å². The van der Waals surface area contributed by atoms with E-state index in [9.17, 15) is 4.79 Å². The Hall–Kier alpha value is -0.880. The highest BCUT2D eigenvalue weighted by molar-refractivity contribution is 6.99. The third-order valence-corrected chi connectivity index (χ3v) is 3.16. The van der Waals surface area contributed by atoms with Crippen LogP contribution in [0.15, 0.2) is 0 Å². The maximum absolute atomic E-state index is 11.3. The number of halogens is 1. The van der Waals surface area contributed by atoms with E-state index in [0.717, 1.165) is 31.0 Å². The number of nitrogens with one attached hydrogen (secondary N) is 2. The molecule has 1 amide bonds. The summed E-state index contributed by atoms with van der Waals surface area (Å²) in [6.45, 7) is 0.684. The van der Waals surface area contributed by atoms with Crippen LogP contribution in [0.1, 0.15) is 25.7 Å². The van der Waals surface area contributed by atoms with E-state index in [0.29, 0.717) is 30.0 Å². The standard InChI is InChI=1S/C9H13ClN4OS/c10-8-9(14-16-13-8)11-5-1-2-7(15)12-6-3-4-6/h6H,1-5H2,(H,11,14)(H,12,15). The molecule has 0 spiro atoms. The van der Waals surface area contributed by atoms with Gasteiger partial charge in [-0.2, -0.15) is 8.75 Å². The van der Waals surface area contributed by atoms with Gasteiger partial charge in [-0.1, -0.05) is 11.6 Å². The van der Waals surface area contributed by atoms with Crippen molar-refractivity contribution in [2.75, 3.05) is 11.9 Å². The third-order valence-electron chi connectivity index (χ3n) is 2.26. The van der Waals surface area contributed by atoms with Gasteiger partial charge in [-0.25, -0.2) is 0 Å². The molecule has 1 saturated carbocycles. The van der Waals surface area contributed by atoms with Gasteiger partial charge in [0.05, 0.1) is 11.7 Å². The molecule has 2 rings (SSSR count). The van der Waals surface area contributed by atoms with Crippen molar-refractivity contribution in [2.45, 2.75) is 31.7 Å². The molecule has 16 heavy (non-hydrogen) atoms. The SMILES string of the molecule is O=C(CCCNc1nsnc1Cl)NC1CC1. The van der Waals surface area contributed by atoms with Crippen LogP contribution < -0.4 is 10.6 Å². The molecule has 1 heterocycles. The summed E-state index contributed by atoms with van der Waals surface area (Å²) in [5.41, 5.74) is 0. The summed E-state index contributed by atoms with van der Waals surface area (Å²) >= 11 is 6.83. The molecule has 0 bridgehead atoms. The zero-order chi connectivity index (χ0) is 11.4. The summed E-state index contributed by atoms with van der Waals surface area (Å²) in [5, 5.41) is 6.38. The van der Waals surface area contributed by atoms with Gasteiger partial charge in [0.1, 0.15) is 0 Å². The zero-order valence-electron chi connectivity index (χ0n) is 8.70. The van der Waals surface area contributed by atoms with Crippen molar-refractivity contribution in [3.8, 4) is 0 Å². The Labute approximate surface area is 103 Å². The van der Waals surface area contributed by atoms with Crippen LogP contribution in [0.4, 0.5) is 5.82 Å². The Kier molecular flexibility index (Phi) is 3.95. The first-order valence-electron chi connectivity index (χ1n) is 5.27. The number of aromatic nitrogens is 2. The molecule has 1 aliphatic rings. The molecule has 0 aromatic carbocycles. The van der Waals surface area contributed by atoms with E-state index >= 15 is 0 Å². The number of nitrogens with zero attached hydrogens (tertiary/aromatic N) is 2. The quantitative estimate of drug-likeness (QED) is 0.764. The molecule has 1 aliphatic carbocycles. The lowest BCUT2D eigenvalue weighted by Crippen LogP contribution is -2.25. The van der Waals surface area contributed by atoms with E-state index in [1.54, 1.807) is 0 Å². The second-order valence-electron chi connectivity index (χ2n) is 3.78. The number of hydrogen-bond donors (Lipinski definition) is 2. The van der Waals surface area contributed by atoms with Crippen LogP contribution >= 0.6 is 23.3 Å². The van der Waals surface area contributed by atoms with Crippen molar-refractivity contribution in [3.63, 3.8) is 0 Å². The maximum atomic E-state index is 11.3. The molecule has 0 saturated heterocycles. The minimum absolute atomic E-state index is 0.131. The van der Waals surface area contributed by atoms with Crippen LogP contribution in [0.3, 0.4) is 0 Å². The van der Waals surface area contributed by atoms with Gasteiger partial charge in [0.2, 0.25) is 5.91 Å². The van der Waals surface area contributed by atoms with Gasteiger partial charge in [0.15, 0.2) is 11.0 Å². The van der Waals surface area contributed by atoms with Gasteiger partial charge < -0.3 is 10.6 Å². The second kappa shape index (κ2) is 5.45. The summed E-state index contributed by atoms with van der Waals surface area (Å²) in [6, 6.07) is 0.442. The average molecular weight is 261 g/mol. The molecule has 0 atom stereocenters. The lowest BCUT2D eigenvalue weighted by Gasteiger charge is -2.04. The Bertz CT molecular complexity index is 366. The fourth-order valence-electron chi connectivity index (χ4n) is 1.27. The second-order valence-corrected chi connectivity index (χ2v) is 4.66. The molecule has 1 fully saturated rings. The minimum atomic E-state index is 0.131. The Morgan fingerprint density at radius 1 is 1.50 bits per heavy atom. The zero-order valence-corrected chi connectivity index (χ0v) is 10.3. The van der Waals surface area contributed by atoms with Crippen LogP contribution in [0.25, 0.3) is 0 Å². The summed E-state index contributed by atoms with van der Waals surface area (Å²) in [4.78, 5) is 11.3. The van der Waals surface area contributed by atoms with Gasteiger partial charge in [0.25, 0.3) is 0 Å². The van der Waals surface area contributed by atoms with Crippen LogP contribution in [0, 0.1) is 0 Å².